The van der Waals surface area contributed by atoms with E-state index in [2.05, 4.69) is 71.0 Å². The summed E-state index contributed by atoms with van der Waals surface area (Å²) in [6, 6.07) is 8.93. The molecule has 0 spiro atoms. The van der Waals surface area contributed by atoms with E-state index >= 15 is 0 Å². The molecule has 3 nitrogen and oxygen atoms in total. The van der Waals surface area contributed by atoms with E-state index in [4.69, 9.17) is 5.10 Å². The standard InChI is InChI=1S/C15H22BrN3/c1-4-19-15-8-6-5-7-13(15)14(18-19)10-17-12(3)9-11(2)16/h5-8,11-12,17H,4,9-10H2,1-3H3. The van der Waals surface area contributed by atoms with Crippen LogP contribution in [0.4, 0.5) is 0 Å². The minimum atomic E-state index is 0.486. The van der Waals surface area contributed by atoms with E-state index < -0.39 is 0 Å². The molecule has 104 valence electrons. The first-order valence-electron chi connectivity index (χ1n) is 6.93. The summed E-state index contributed by atoms with van der Waals surface area (Å²) in [7, 11) is 0. The predicted octanol–water partition coefficient (Wildman–Crippen LogP) is 3.71. The molecule has 0 aliphatic carbocycles. The molecule has 0 aliphatic heterocycles. The van der Waals surface area contributed by atoms with Crippen molar-refractivity contribution in [1.29, 1.82) is 0 Å². The summed E-state index contributed by atoms with van der Waals surface area (Å²) in [5.74, 6) is 0. The lowest BCUT2D eigenvalue weighted by Gasteiger charge is -2.14. The number of fused-ring (bicyclic) bond motifs is 1. The summed E-state index contributed by atoms with van der Waals surface area (Å²) in [4.78, 5) is 0.542. The van der Waals surface area contributed by atoms with E-state index in [1.165, 1.54) is 10.9 Å². The van der Waals surface area contributed by atoms with Crippen LogP contribution in [0.15, 0.2) is 24.3 Å². The van der Waals surface area contributed by atoms with Crippen LogP contribution in [0.5, 0.6) is 0 Å². The third-order valence-electron chi connectivity index (χ3n) is 3.33. The number of hydrogen-bond acceptors (Lipinski definition) is 2. The summed E-state index contributed by atoms with van der Waals surface area (Å²) in [5, 5.41) is 9.52. The molecule has 0 fully saturated rings. The van der Waals surface area contributed by atoms with Crippen molar-refractivity contribution in [2.75, 3.05) is 0 Å². The van der Waals surface area contributed by atoms with Gasteiger partial charge in [-0.15, -0.1) is 0 Å². The maximum absolute atomic E-state index is 4.70. The fourth-order valence-electron chi connectivity index (χ4n) is 2.41. The Labute approximate surface area is 123 Å². The van der Waals surface area contributed by atoms with Crippen molar-refractivity contribution >= 4 is 26.8 Å². The highest BCUT2D eigenvalue weighted by molar-refractivity contribution is 9.09. The molecule has 0 saturated heterocycles. The lowest BCUT2D eigenvalue weighted by molar-refractivity contribution is 0.508. The van der Waals surface area contributed by atoms with Crippen LogP contribution in [0.25, 0.3) is 10.9 Å². The Bertz CT molecular complexity index is 533. The first kappa shape index (κ1) is 14.5. The molecule has 0 bridgehead atoms. The van der Waals surface area contributed by atoms with E-state index in [0.29, 0.717) is 10.9 Å². The molecule has 1 heterocycles. The summed E-state index contributed by atoms with van der Waals surface area (Å²) >= 11 is 3.60. The molecule has 1 N–H and O–H groups in total. The van der Waals surface area contributed by atoms with Gasteiger partial charge in [-0.3, -0.25) is 4.68 Å². The van der Waals surface area contributed by atoms with Gasteiger partial charge < -0.3 is 5.32 Å². The van der Waals surface area contributed by atoms with Gasteiger partial charge in [0.05, 0.1) is 11.2 Å². The van der Waals surface area contributed by atoms with Crippen LogP contribution in [0.2, 0.25) is 0 Å². The molecular formula is C15H22BrN3. The zero-order valence-electron chi connectivity index (χ0n) is 11.9. The number of benzene rings is 1. The van der Waals surface area contributed by atoms with E-state index in [9.17, 15) is 0 Å². The number of alkyl halides is 1. The second-order valence-corrected chi connectivity index (χ2v) is 6.64. The van der Waals surface area contributed by atoms with Crippen LogP contribution in [0.1, 0.15) is 32.9 Å². The van der Waals surface area contributed by atoms with Crippen LogP contribution in [-0.4, -0.2) is 20.6 Å². The number of aromatic nitrogens is 2. The SMILES string of the molecule is CCn1nc(CNC(C)CC(C)Br)c2ccccc21. The Morgan fingerprint density at radius 1 is 1.32 bits per heavy atom. The van der Waals surface area contributed by atoms with Gasteiger partial charge in [-0.2, -0.15) is 5.10 Å². The fourth-order valence-corrected chi connectivity index (χ4v) is 2.97. The largest absolute Gasteiger partial charge is 0.309 e. The summed E-state index contributed by atoms with van der Waals surface area (Å²) in [6.07, 6.45) is 1.12. The predicted molar refractivity (Wildman–Crippen MR) is 84.7 cm³/mol. The molecular weight excluding hydrogens is 302 g/mol. The van der Waals surface area contributed by atoms with Crippen LogP contribution in [0.3, 0.4) is 0 Å². The van der Waals surface area contributed by atoms with Crippen molar-refractivity contribution in [3.05, 3.63) is 30.0 Å². The fraction of sp³-hybridized carbons (Fsp3) is 0.533. The molecule has 2 atom stereocenters. The molecule has 1 aromatic heterocycles. The number of nitrogens with zero attached hydrogens (tertiary/aromatic N) is 2. The molecule has 0 aliphatic rings. The second kappa shape index (κ2) is 6.53. The van der Waals surface area contributed by atoms with Crippen molar-refractivity contribution in [1.82, 2.24) is 15.1 Å². The monoisotopic (exact) mass is 323 g/mol. The smallest absolute Gasteiger partial charge is 0.0841 e. The summed E-state index contributed by atoms with van der Waals surface area (Å²) < 4.78 is 2.07. The Morgan fingerprint density at radius 2 is 2.05 bits per heavy atom. The number of hydrogen-bond donors (Lipinski definition) is 1. The van der Waals surface area contributed by atoms with Gasteiger partial charge in [-0.25, -0.2) is 0 Å². The minimum absolute atomic E-state index is 0.486. The third-order valence-corrected chi connectivity index (χ3v) is 3.70. The average molecular weight is 324 g/mol. The minimum Gasteiger partial charge on any atom is -0.309 e. The first-order chi connectivity index (χ1) is 9.11. The van der Waals surface area contributed by atoms with Crippen molar-refractivity contribution in [3.8, 4) is 0 Å². The zero-order valence-corrected chi connectivity index (χ0v) is 13.4. The Balaban J connectivity index is 2.12. The van der Waals surface area contributed by atoms with Crippen LogP contribution in [0, 0.1) is 0 Å². The van der Waals surface area contributed by atoms with Crippen LogP contribution in [-0.2, 0) is 13.1 Å². The number of nitrogens with one attached hydrogen (secondary N) is 1. The second-order valence-electron chi connectivity index (χ2n) is 5.08. The topological polar surface area (TPSA) is 29.9 Å². The van der Waals surface area contributed by atoms with Gasteiger partial charge in [0.25, 0.3) is 0 Å². The molecule has 2 rings (SSSR count). The lowest BCUT2D eigenvalue weighted by Crippen LogP contribution is -2.27. The maximum atomic E-state index is 4.70. The Kier molecular flexibility index (Phi) is 4.99. The highest BCUT2D eigenvalue weighted by Gasteiger charge is 2.11. The molecule has 2 aromatic rings. The summed E-state index contributed by atoms with van der Waals surface area (Å²) in [6.45, 7) is 8.27. The number of aryl methyl sites for hydroxylation is 1. The van der Waals surface area contributed by atoms with E-state index in [1.54, 1.807) is 0 Å². The molecule has 0 saturated carbocycles. The Hall–Kier alpha value is -0.870. The molecule has 0 amide bonds. The zero-order chi connectivity index (χ0) is 13.8. The number of halogens is 1. The molecule has 19 heavy (non-hydrogen) atoms. The number of rotatable bonds is 6. The quantitative estimate of drug-likeness (QED) is 0.821. The maximum Gasteiger partial charge on any atom is 0.0841 e. The van der Waals surface area contributed by atoms with Crippen molar-refractivity contribution in [2.45, 2.75) is 51.2 Å². The van der Waals surface area contributed by atoms with Gasteiger partial charge in [0, 0.05) is 29.3 Å². The van der Waals surface area contributed by atoms with Gasteiger partial charge in [0.1, 0.15) is 0 Å². The van der Waals surface area contributed by atoms with E-state index in [-0.39, 0.29) is 0 Å². The molecule has 0 radical (unpaired) electrons. The highest BCUT2D eigenvalue weighted by Crippen LogP contribution is 2.18. The van der Waals surface area contributed by atoms with Gasteiger partial charge >= 0.3 is 0 Å². The summed E-state index contributed by atoms with van der Waals surface area (Å²) in [5.41, 5.74) is 2.37. The van der Waals surface area contributed by atoms with E-state index in [1.807, 2.05) is 0 Å². The Morgan fingerprint density at radius 3 is 2.74 bits per heavy atom. The van der Waals surface area contributed by atoms with Crippen molar-refractivity contribution < 1.29 is 0 Å². The molecule has 2 unspecified atom stereocenters. The van der Waals surface area contributed by atoms with Gasteiger partial charge in [0.15, 0.2) is 0 Å². The first-order valence-corrected chi connectivity index (χ1v) is 7.85. The van der Waals surface area contributed by atoms with E-state index in [0.717, 1.165) is 25.2 Å². The van der Waals surface area contributed by atoms with Gasteiger partial charge in [-0.1, -0.05) is 41.1 Å². The number of para-hydroxylation sites is 1. The molecule has 4 heteroatoms. The molecule has 1 aromatic carbocycles. The van der Waals surface area contributed by atoms with Crippen molar-refractivity contribution in [3.63, 3.8) is 0 Å². The highest BCUT2D eigenvalue weighted by atomic mass is 79.9. The normalized spacial score (nSPS) is 14.7. The van der Waals surface area contributed by atoms with Crippen LogP contribution < -0.4 is 5.32 Å². The third kappa shape index (κ3) is 3.57. The average Bonchev–Trinajstić information content (AvgIpc) is 2.74. The van der Waals surface area contributed by atoms with Crippen LogP contribution >= 0.6 is 15.9 Å². The lowest BCUT2D eigenvalue weighted by atomic mass is 10.1. The van der Waals surface area contributed by atoms with Gasteiger partial charge in [-0.05, 0) is 26.3 Å². The van der Waals surface area contributed by atoms with Crippen molar-refractivity contribution in [2.24, 2.45) is 0 Å². The van der Waals surface area contributed by atoms with Gasteiger partial charge in [0.2, 0.25) is 0 Å².